The SMILES string of the molecule is CS(=O)(=O)OC[C@@H](O[C@@H]1CCCCO1)c1cccc(Cl)c1. The molecule has 1 aliphatic heterocycles. The lowest BCUT2D eigenvalue weighted by Gasteiger charge is -2.27. The van der Waals surface area contributed by atoms with Crippen molar-refractivity contribution in [2.45, 2.75) is 31.7 Å². The topological polar surface area (TPSA) is 61.8 Å². The molecule has 1 heterocycles. The van der Waals surface area contributed by atoms with Crippen molar-refractivity contribution in [3.8, 4) is 0 Å². The quantitative estimate of drug-likeness (QED) is 0.748. The maximum Gasteiger partial charge on any atom is 0.264 e. The molecule has 0 amide bonds. The van der Waals surface area contributed by atoms with E-state index in [4.69, 9.17) is 25.3 Å². The highest BCUT2D eigenvalue weighted by Gasteiger charge is 2.23. The van der Waals surface area contributed by atoms with Crippen LogP contribution in [0.1, 0.15) is 30.9 Å². The van der Waals surface area contributed by atoms with Crippen LogP contribution in [0.5, 0.6) is 0 Å². The van der Waals surface area contributed by atoms with Crippen LogP contribution in [0.15, 0.2) is 24.3 Å². The van der Waals surface area contributed by atoms with Gasteiger partial charge in [-0.25, -0.2) is 0 Å². The lowest BCUT2D eigenvalue weighted by atomic mass is 10.1. The van der Waals surface area contributed by atoms with Crippen molar-refractivity contribution in [3.05, 3.63) is 34.9 Å². The molecule has 1 aliphatic rings. The lowest BCUT2D eigenvalue weighted by molar-refractivity contribution is -0.195. The molecule has 7 heteroatoms. The Hall–Kier alpha value is -0.660. The van der Waals surface area contributed by atoms with Gasteiger partial charge in [-0.3, -0.25) is 4.18 Å². The Morgan fingerprint density at radius 3 is 2.86 bits per heavy atom. The van der Waals surface area contributed by atoms with E-state index in [0.29, 0.717) is 11.6 Å². The van der Waals surface area contributed by atoms with Gasteiger partial charge in [0.2, 0.25) is 0 Å². The number of ether oxygens (including phenoxy) is 2. The molecule has 1 aromatic carbocycles. The minimum absolute atomic E-state index is 0.0982. The fourth-order valence-corrected chi connectivity index (χ4v) is 2.68. The first kappa shape index (κ1) is 16.7. The first-order valence-electron chi connectivity index (χ1n) is 6.81. The van der Waals surface area contributed by atoms with Gasteiger partial charge in [0.25, 0.3) is 10.1 Å². The standard InChI is InChI=1S/C14H19ClO5S/c1-21(16,17)19-10-13(11-5-4-6-12(15)9-11)20-14-7-2-3-8-18-14/h4-6,9,13-14H,2-3,7-8,10H2,1H3/t13-,14-/m1/s1. The zero-order valence-corrected chi connectivity index (χ0v) is 13.4. The summed E-state index contributed by atoms with van der Waals surface area (Å²) in [6.45, 7) is 0.554. The van der Waals surface area contributed by atoms with Gasteiger partial charge in [-0.1, -0.05) is 23.7 Å². The Morgan fingerprint density at radius 2 is 2.24 bits per heavy atom. The molecule has 1 fully saturated rings. The fraction of sp³-hybridized carbons (Fsp3) is 0.571. The lowest BCUT2D eigenvalue weighted by Crippen LogP contribution is -2.27. The van der Waals surface area contributed by atoms with Crippen molar-refractivity contribution < 1.29 is 22.1 Å². The summed E-state index contributed by atoms with van der Waals surface area (Å²) in [5, 5.41) is 0.560. The van der Waals surface area contributed by atoms with Crippen molar-refractivity contribution in [2.24, 2.45) is 0 Å². The van der Waals surface area contributed by atoms with Gasteiger partial charge < -0.3 is 9.47 Å². The molecule has 0 unspecified atom stereocenters. The Morgan fingerprint density at radius 1 is 1.43 bits per heavy atom. The van der Waals surface area contributed by atoms with E-state index in [1.807, 2.05) is 6.07 Å². The largest absolute Gasteiger partial charge is 0.353 e. The Bertz CT molecular complexity index is 554. The molecule has 0 bridgehead atoms. The molecule has 1 saturated heterocycles. The molecule has 2 atom stereocenters. The summed E-state index contributed by atoms with van der Waals surface area (Å²) in [6, 6.07) is 7.10. The molecule has 21 heavy (non-hydrogen) atoms. The van der Waals surface area contributed by atoms with E-state index >= 15 is 0 Å². The molecule has 0 N–H and O–H groups in total. The molecule has 5 nitrogen and oxygen atoms in total. The first-order chi connectivity index (χ1) is 9.94. The summed E-state index contributed by atoms with van der Waals surface area (Å²) in [6.07, 6.45) is 2.96. The number of rotatable bonds is 6. The second-order valence-electron chi connectivity index (χ2n) is 4.96. The normalized spacial score (nSPS) is 21.1. The Kier molecular flexibility index (Phi) is 6.01. The van der Waals surface area contributed by atoms with E-state index in [-0.39, 0.29) is 12.9 Å². The van der Waals surface area contributed by atoms with Crippen LogP contribution >= 0.6 is 11.6 Å². The molecule has 2 rings (SSSR count). The highest BCUT2D eigenvalue weighted by Crippen LogP contribution is 2.26. The van der Waals surface area contributed by atoms with E-state index < -0.39 is 16.2 Å². The van der Waals surface area contributed by atoms with Crippen LogP contribution in [0.2, 0.25) is 5.02 Å². The van der Waals surface area contributed by atoms with Crippen molar-refractivity contribution in [1.29, 1.82) is 0 Å². The van der Waals surface area contributed by atoms with Crippen LogP contribution in [-0.4, -0.2) is 34.2 Å². The number of hydrogen-bond acceptors (Lipinski definition) is 5. The molecule has 1 aromatic rings. The van der Waals surface area contributed by atoms with Crippen LogP contribution in [0.3, 0.4) is 0 Å². The van der Waals surface area contributed by atoms with E-state index in [2.05, 4.69) is 0 Å². The number of halogens is 1. The minimum atomic E-state index is -3.53. The summed E-state index contributed by atoms with van der Waals surface area (Å²) in [5.41, 5.74) is 0.764. The smallest absolute Gasteiger partial charge is 0.264 e. The molecular formula is C14H19ClO5S. The second kappa shape index (κ2) is 7.56. The van der Waals surface area contributed by atoms with Gasteiger partial charge in [-0.05, 0) is 37.0 Å². The van der Waals surface area contributed by atoms with Gasteiger partial charge in [0.1, 0.15) is 6.10 Å². The summed E-state index contributed by atoms with van der Waals surface area (Å²) in [5.74, 6) is 0. The first-order valence-corrected chi connectivity index (χ1v) is 9.00. The molecule has 0 aromatic heterocycles. The van der Waals surface area contributed by atoms with Gasteiger partial charge in [0.05, 0.1) is 12.9 Å². The van der Waals surface area contributed by atoms with Crippen molar-refractivity contribution in [2.75, 3.05) is 19.5 Å². The second-order valence-corrected chi connectivity index (χ2v) is 7.04. The fourth-order valence-electron chi connectivity index (χ4n) is 2.11. The van der Waals surface area contributed by atoms with Gasteiger partial charge in [0, 0.05) is 11.6 Å². The third-order valence-electron chi connectivity index (χ3n) is 3.11. The Labute approximate surface area is 130 Å². The number of hydrogen-bond donors (Lipinski definition) is 0. The highest BCUT2D eigenvalue weighted by atomic mass is 35.5. The predicted molar refractivity (Wildman–Crippen MR) is 79.7 cm³/mol. The van der Waals surface area contributed by atoms with Crippen molar-refractivity contribution in [3.63, 3.8) is 0 Å². The van der Waals surface area contributed by atoms with Crippen LogP contribution in [-0.2, 0) is 23.8 Å². The summed E-state index contributed by atoms with van der Waals surface area (Å²) in [4.78, 5) is 0. The van der Waals surface area contributed by atoms with E-state index in [1.165, 1.54) is 0 Å². The van der Waals surface area contributed by atoms with Gasteiger partial charge >= 0.3 is 0 Å². The predicted octanol–water partition coefficient (Wildman–Crippen LogP) is 2.90. The third-order valence-corrected chi connectivity index (χ3v) is 3.91. The zero-order chi connectivity index (χ0) is 15.3. The number of benzene rings is 1. The van der Waals surface area contributed by atoms with Crippen LogP contribution in [0.4, 0.5) is 0 Å². The minimum Gasteiger partial charge on any atom is -0.353 e. The van der Waals surface area contributed by atoms with E-state index in [9.17, 15) is 8.42 Å². The molecule has 0 aliphatic carbocycles. The zero-order valence-electron chi connectivity index (χ0n) is 11.8. The van der Waals surface area contributed by atoms with Gasteiger partial charge in [-0.15, -0.1) is 0 Å². The average molecular weight is 335 g/mol. The summed E-state index contributed by atoms with van der Waals surface area (Å²) >= 11 is 5.98. The summed E-state index contributed by atoms with van der Waals surface area (Å²) in [7, 11) is -3.53. The van der Waals surface area contributed by atoms with E-state index in [0.717, 1.165) is 31.1 Å². The third kappa shape index (κ3) is 5.92. The van der Waals surface area contributed by atoms with Gasteiger partial charge in [-0.2, -0.15) is 8.42 Å². The molecule has 0 spiro atoms. The van der Waals surface area contributed by atoms with Crippen molar-refractivity contribution >= 4 is 21.7 Å². The molecule has 0 saturated carbocycles. The maximum absolute atomic E-state index is 11.2. The molecule has 0 radical (unpaired) electrons. The average Bonchev–Trinajstić information content (AvgIpc) is 2.43. The van der Waals surface area contributed by atoms with Crippen LogP contribution in [0.25, 0.3) is 0 Å². The maximum atomic E-state index is 11.2. The van der Waals surface area contributed by atoms with Crippen molar-refractivity contribution in [1.82, 2.24) is 0 Å². The van der Waals surface area contributed by atoms with Gasteiger partial charge in [0.15, 0.2) is 6.29 Å². The van der Waals surface area contributed by atoms with E-state index in [1.54, 1.807) is 18.2 Å². The monoisotopic (exact) mass is 334 g/mol. The highest BCUT2D eigenvalue weighted by molar-refractivity contribution is 7.85. The summed E-state index contributed by atoms with van der Waals surface area (Å²) < 4.78 is 38.6. The molecular weight excluding hydrogens is 316 g/mol. The molecule has 118 valence electrons. The Balaban J connectivity index is 2.09. The van der Waals surface area contributed by atoms with Crippen LogP contribution in [0, 0.1) is 0 Å². The van der Waals surface area contributed by atoms with Crippen LogP contribution < -0.4 is 0 Å².